The van der Waals surface area contributed by atoms with Crippen molar-refractivity contribution in [3.63, 3.8) is 0 Å². The normalized spacial score (nSPS) is 11.0. The number of carbonyl (C=O) groups excluding carboxylic acids is 1. The van der Waals surface area contributed by atoms with Gasteiger partial charge in [-0.2, -0.15) is 14.0 Å². The summed E-state index contributed by atoms with van der Waals surface area (Å²) in [6, 6.07) is 12.8. The van der Waals surface area contributed by atoms with Crippen molar-refractivity contribution in [2.24, 2.45) is 0 Å². The minimum Gasteiger partial charge on any atom is -0.493 e. The summed E-state index contributed by atoms with van der Waals surface area (Å²) in [4.78, 5) is 12.2. The average molecular weight is 393 g/mol. The highest BCUT2D eigenvalue weighted by Gasteiger charge is 2.13. The fourth-order valence-electron chi connectivity index (χ4n) is 2.17. The smallest absolute Gasteiger partial charge is 0.387 e. The van der Waals surface area contributed by atoms with Crippen LogP contribution in [-0.2, 0) is 11.3 Å². The number of hydrogen-bond donors (Lipinski definition) is 1. The SMILES string of the molecule is COc1ccc(/C=C(\C#N)C(=O)NCc2ccc(Cl)cc2)cc1OC(F)F. The Morgan fingerprint density at radius 1 is 1.26 bits per heavy atom. The Balaban J connectivity index is 2.15. The third kappa shape index (κ3) is 5.97. The number of halogens is 3. The second-order valence-corrected chi connectivity index (χ2v) is 5.70. The van der Waals surface area contributed by atoms with Crippen LogP contribution in [0, 0.1) is 11.3 Å². The summed E-state index contributed by atoms with van der Waals surface area (Å²) in [6.07, 6.45) is 1.27. The molecule has 0 bridgehead atoms. The number of hydrogen-bond acceptors (Lipinski definition) is 4. The predicted octanol–water partition coefficient (Wildman–Crippen LogP) is 4.17. The van der Waals surface area contributed by atoms with E-state index in [1.165, 1.54) is 31.4 Å². The van der Waals surface area contributed by atoms with E-state index in [1.807, 2.05) is 0 Å². The van der Waals surface area contributed by atoms with Crippen molar-refractivity contribution in [2.45, 2.75) is 13.2 Å². The van der Waals surface area contributed by atoms with Gasteiger partial charge in [-0.15, -0.1) is 0 Å². The molecule has 8 heteroatoms. The van der Waals surface area contributed by atoms with Crippen LogP contribution in [0.25, 0.3) is 6.08 Å². The zero-order valence-electron chi connectivity index (χ0n) is 14.2. The first-order valence-electron chi connectivity index (χ1n) is 7.70. The second kappa shape index (κ2) is 9.55. The molecule has 0 fully saturated rings. The Kier molecular flexibility index (Phi) is 7.15. The average Bonchev–Trinajstić information content (AvgIpc) is 2.65. The lowest BCUT2D eigenvalue weighted by molar-refractivity contribution is -0.117. The molecule has 0 radical (unpaired) electrons. The summed E-state index contributed by atoms with van der Waals surface area (Å²) in [5.41, 5.74) is 0.962. The van der Waals surface area contributed by atoms with Gasteiger partial charge >= 0.3 is 6.61 Å². The topological polar surface area (TPSA) is 71.3 Å². The molecule has 2 aromatic rings. The maximum Gasteiger partial charge on any atom is 0.387 e. The van der Waals surface area contributed by atoms with Gasteiger partial charge in [0.05, 0.1) is 7.11 Å². The molecule has 140 valence electrons. The van der Waals surface area contributed by atoms with Gasteiger partial charge in [-0.05, 0) is 41.5 Å². The molecule has 0 atom stereocenters. The number of methoxy groups -OCH3 is 1. The van der Waals surface area contributed by atoms with E-state index in [-0.39, 0.29) is 23.6 Å². The van der Waals surface area contributed by atoms with Crippen LogP contribution in [0.2, 0.25) is 5.02 Å². The standard InChI is InChI=1S/C19H15ClF2N2O3/c1-26-16-7-4-13(9-17(16)27-19(21)22)8-14(10-23)18(25)24-11-12-2-5-15(20)6-3-12/h2-9,19H,11H2,1H3,(H,24,25)/b14-8+. The van der Waals surface area contributed by atoms with Gasteiger partial charge in [0.15, 0.2) is 11.5 Å². The molecule has 0 aliphatic carbocycles. The molecule has 1 N–H and O–H groups in total. The van der Waals surface area contributed by atoms with Crippen LogP contribution in [0.4, 0.5) is 8.78 Å². The Bertz CT molecular complexity index is 878. The van der Waals surface area contributed by atoms with Gasteiger partial charge in [-0.1, -0.05) is 29.8 Å². The van der Waals surface area contributed by atoms with E-state index in [1.54, 1.807) is 30.3 Å². The van der Waals surface area contributed by atoms with E-state index in [9.17, 15) is 18.8 Å². The van der Waals surface area contributed by atoms with E-state index >= 15 is 0 Å². The number of carbonyl (C=O) groups is 1. The Morgan fingerprint density at radius 2 is 1.96 bits per heavy atom. The minimum absolute atomic E-state index is 0.109. The summed E-state index contributed by atoms with van der Waals surface area (Å²) < 4.78 is 34.3. The molecule has 5 nitrogen and oxygen atoms in total. The first kappa shape index (κ1) is 20.2. The molecule has 0 saturated carbocycles. The molecule has 27 heavy (non-hydrogen) atoms. The predicted molar refractivity (Wildman–Crippen MR) is 96.5 cm³/mol. The molecular weight excluding hydrogens is 378 g/mol. The molecular formula is C19H15ClF2N2O3. The Labute approximate surface area is 159 Å². The zero-order chi connectivity index (χ0) is 19.8. The maximum atomic E-state index is 12.5. The van der Waals surface area contributed by atoms with Crippen molar-refractivity contribution in [2.75, 3.05) is 7.11 Å². The monoisotopic (exact) mass is 392 g/mol. The molecule has 0 aromatic heterocycles. The van der Waals surface area contributed by atoms with Gasteiger partial charge in [0, 0.05) is 11.6 Å². The van der Waals surface area contributed by atoms with Crippen molar-refractivity contribution >= 4 is 23.6 Å². The molecule has 0 unspecified atom stereocenters. The van der Waals surface area contributed by atoms with Gasteiger partial charge in [0.1, 0.15) is 11.6 Å². The maximum absolute atomic E-state index is 12.5. The van der Waals surface area contributed by atoms with Gasteiger partial charge < -0.3 is 14.8 Å². The van der Waals surface area contributed by atoms with Crippen LogP contribution in [0.5, 0.6) is 11.5 Å². The van der Waals surface area contributed by atoms with Crippen LogP contribution in [0.3, 0.4) is 0 Å². The Hall–Kier alpha value is -3.11. The first-order chi connectivity index (χ1) is 12.9. The summed E-state index contributed by atoms with van der Waals surface area (Å²) in [5.74, 6) is -0.683. The lowest BCUT2D eigenvalue weighted by Crippen LogP contribution is -2.23. The van der Waals surface area contributed by atoms with E-state index in [4.69, 9.17) is 16.3 Å². The van der Waals surface area contributed by atoms with Crippen molar-refractivity contribution in [3.8, 4) is 17.6 Å². The Morgan fingerprint density at radius 3 is 2.56 bits per heavy atom. The van der Waals surface area contributed by atoms with Gasteiger partial charge in [0.25, 0.3) is 5.91 Å². The van der Waals surface area contributed by atoms with Gasteiger partial charge in [0.2, 0.25) is 0 Å². The lowest BCUT2D eigenvalue weighted by Gasteiger charge is -2.10. The highest BCUT2D eigenvalue weighted by molar-refractivity contribution is 6.30. The fraction of sp³-hybridized carbons (Fsp3) is 0.158. The second-order valence-electron chi connectivity index (χ2n) is 5.27. The summed E-state index contributed by atoms with van der Waals surface area (Å²) in [6.45, 7) is -2.83. The summed E-state index contributed by atoms with van der Waals surface area (Å²) in [7, 11) is 1.31. The molecule has 0 heterocycles. The van der Waals surface area contributed by atoms with Gasteiger partial charge in [-0.25, -0.2) is 0 Å². The quantitative estimate of drug-likeness (QED) is 0.567. The highest BCUT2D eigenvalue weighted by atomic mass is 35.5. The van der Waals surface area contributed by atoms with Crippen molar-refractivity contribution in [1.29, 1.82) is 5.26 Å². The zero-order valence-corrected chi connectivity index (χ0v) is 15.0. The number of alkyl halides is 2. The van der Waals surface area contributed by atoms with Crippen LogP contribution in [0.1, 0.15) is 11.1 Å². The summed E-state index contributed by atoms with van der Waals surface area (Å²) in [5, 5.41) is 12.4. The third-order valence-corrected chi connectivity index (χ3v) is 3.70. The van der Waals surface area contributed by atoms with Crippen LogP contribution < -0.4 is 14.8 Å². The molecule has 0 spiro atoms. The number of amides is 1. The largest absolute Gasteiger partial charge is 0.493 e. The fourth-order valence-corrected chi connectivity index (χ4v) is 2.29. The van der Waals surface area contributed by atoms with Crippen LogP contribution in [0.15, 0.2) is 48.0 Å². The molecule has 0 aliphatic heterocycles. The van der Waals surface area contributed by atoms with Crippen LogP contribution >= 0.6 is 11.6 Å². The number of benzene rings is 2. The van der Waals surface area contributed by atoms with Gasteiger partial charge in [-0.3, -0.25) is 4.79 Å². The molecule has 0 saturated heterocycles. The number of nitrogens with zero attached hydrogens (tertiary/aromatic N) is 1. The lowest BCUT2D eigenvalue weighted by atomic mass is 10.1. The molecule has 1 amide bonds. The number of rotatable bonds is 7. The van der Waals surface area contributed by atoms with Crippen molar-refractivity contribution < 1.29 is 23.0 Å². The molecule has 2 aromatic carbocycles. The van der Waals surface area contributed by atoms with E-state index in [0.29, 0.717) is 10.6 Å². The third-order valence-electron chi connectivity index (χ3n) is 3.45. The summed E-state index contributed by atoms with van der Waals surface area (Å²) >= 11 is 5.80. The minimum atomic E-state index is -3.03. The highest BCUT2D eigenvalue weighted by Crippen LogP contribution is 2.30. The number of nitriles is 1. The molecule has 0 aliphatic rings. The molecule has 2 rings (SSSR count). The van der Waals surface area contributed by atoms with E-state index in [0.717, 1.165) is 5.56 Å². The van der Waals surface area contributed by atoms with Crippen LogP contribution in [-0.4, -0.2) is 19.6 Å². The van der Waals surface area contributed by atoms with Crippen molar-refractivity contribution in [3.05, 3.63) is 64.2 Å². The number of nitrogens with one attached hydrogen (secondary N) is 1. The van der Waals surface area contributed by atoms with Crippen molar-refractivity contribution in [1.82, 2.24) is 5.32 Å². The first-order valence-corrected chi connectivity index (χ1v) is 8.08. The number of ether oxygens (including phenoxy) is 2. The van der Waals surface area contributed by atoms with E-state index in [2.05, 4.69) is 10.1 Å². The van der Waals surface area contributed by atoms with E-state index < -0.39 is 12.5 Å².